The second kappa shape index (κ2) is 10.2. The quantitative estimate of drug-likeness (QED) is 0.383. The first-order chi connectivity index (χ1) is 14.8. The van der Waals surface area contributed by atoms with Crippen LogP contribution in [0.1, 0.15) is 31.7 Å². The van der Waals surface area contributed by atoms with Crippen LogP contribution in [0.3, 0.4) is 0 Å². The van der Waals surface area contributed by atoms with Gasteiger partial charge in [-0.15, -0.1) is 4.40 Å². The summed E-state index contributed by atoms with van der Waals surface area (Å²) in [4.78, 5) is 13.9. The number of benzene rings is 1. The third-order valence-electron chi connectivity index (χ3n) is 5.62. The van der Waals surface area contributed by atoms with E-state index in [4.69, 9.17) is 9.47 Å². The molecule has 1 aromatic rings. The zero-order chi connectivity index (χ0) is 22.4. The standard InChI is InChI=1S/C21H30N4O5S/c1-15-7-9-17(10-8-15)31(27,28)24-19(25-11-13-30-14-12-25)6-4-5-18-16(2)20(23-22-18)21(26)29-3/h7-10,16,18,22H,4-6,11-14H2,1-3H3/b24-19+/t16-,18-/m1/s1. The average Bonchev–Trinajstić information content (AvgIpc) is 3.13. The second-order valence-electron chi connectivity index (χ2n) is 7.80. The van der Waals surface area contributed by atoms with Crippen LogP contribution in [0.4, 0.5) is 0 Å². The number of sulfonamides is 1. The van der Waals surface area contributed by atoms with Crippen LogP contribution in [0.5, 0.6) is 0 Å². The maximum absolute atomic E-state index is 12.9. The molecule has 1 aromatic carbocycles. The number of aryl methyl sites for hydroxylation is 1. The molecule has 9 nitrogen and oxygen atoms in total. The number of ether oxygens (including phenoxy) is 2. The molecule has 1 saturated heterocycles. The van der Waals surface area contributed by atoms with Gasteiger partial charge in [-0.3, -0.25) is 0 Å². The van der Waals surface area contributed by atoms with Gasteiger partial charge in [0, 0.05) is 25.4 Å². The van der Waals surface area contributed by atoms with E-state index in [1.807, 2.05) is 18.7 Å². The molecule has 2 heterocycles. The first-order valence-corrected chi connectivity index (χ1v) is 11.9. The van der Waals surface area contributed by atoms with Crippen molar-refractivity contribution in [3.05, 3.63) is 29.8 Å². The molecule has 1 fully saturated rings. The number of methoxy groups -OCH3 is 1. The van der Waals surface area contributed by atoms with Gasteiger partial charge in [0.1, 0.15) is 11.5 Å². The number of morpholine rings is 1. The van der Waals surface area contributed by atoms with Gasteiger partial charge in [0.2, 0.25) is 0 Å². The predicted molar refractivity (Wildman–Crippen MR) is 118 cm³/mol. The molecule has 0 saturated carbocycles. The van der Waals surface area contributed by atoms with E-state index in [-0.39, 0.29) is 16.9 Å². The highest BCUT2D eigenvalue weighted by atomic mass is 32.2. The average molecular weight is 451 g/mol. The minimum Gasteiger partial charge on any atom is -0.464 e. The highest BCUT2D eigenvalue weighted by molar-refractivity contribution is 7.90. The molecule has 2 atom stereocenters. The van der Waals surface area contributed by atoms with E-state index in [1.54, 1.807) is 24.3 Å². The number of carbonyl (C=O) groups is 1. The maximum Gasteiger partial charge on any atom is 0.354 e. The van der Waals surface area contributed by atoms with Crippen LogP contribution in [0, 0.1) is 12.8 Å². The van der Waals surface area contributed by atoms with E-state index in [0.29, 0.717) is 50.7 Å². The van der Waals surface area contributed by atoms with Crippen LogP contribution in [-0.2, 0) is 24.3 Å². The fourth-order valence-corrected chi connectivity index (χ4v) is 4.74. The zero-order valence-electron chi connectivity index (χ0n) is 18.2. The molecule has 170 valence electrons. The topological polar surface area (TPSA) is 110 Å². The molecule has 0 aliphatic carbocycles. The summed E-state index contributed by atoms with van der Waals surface area (Å²) in [6.07, 6.45) is 1.92. The van der Waals surface area contributed by atoms with Crippen molar-refractivity contribution in [2.24, 2.45) is 15.4 Å². The third kappa shape index (κ3) is 5.82. The van der Waals surface area contributed by atoms with Gasteiger partial charge in [-0.1, -0.05) is 24.6 Å². The number of carbonyl (C=O) groups excluding carboxylic acids is 1. The minimum atomic E-state index is -3.80. The summed E-state index contributed by atoms with van der Waals surface area (Å²) in [7, 11) is -2.47. The number of hydrogen-bond acceptors (Lipinski definition) is 7. The normalized spacial score (nSPS) is 22.1. The molecule has 0 bridgehead atoms. The summed E-state index contributed by atoms with van der Waals surface area (Å²) in [5.74, 6) is 0.0402. The van der Waals surface area contributed by atoms with Gasteiger partial charge in [0.05, 0.1) is 31.3 Å². The van der Waals surface area contributed by atoms with Gasteiger partial charge in [0.25, 0.3) is 10.0 Å². The second-order valence-corrected chi connectivity index (χ2v) is 9.40. The number of nitrogens with zero attached hydrogens (tertiary/aromatic N) is 3. The van der Waals surface area contributed by atoms with Crippen molar-refractivity contribution >= 4 is 27.5 Å². The summed E-state index contributed by atoms with van der Waals surface area (Å²) in [5, 5.41) is 4.10. The van der Waals surface area contributed by atoms with Crippen molar-refractivity contribution in [3.63, 3.8) is 0 Å². The summed E-state index contributed by atoms with van der Waals surface area (Å²) in [6.45, 7) is 6.14. The third-order valence-corrected chi connectivity index (χ3v) is 6.94. The van der Waals surface area contributed by atoms with Gasteiger partial charge in [-0.25, -0.2) is 4.79 Å². The summed E-state index contributed by atoms with van der Waals surface area (Å²) in [6, 6.07) is 6.70. The van der Waals surface area contributed by atoms with E-state index >= 15 is 0 Å². The lowest BCUT2D eigenvalue weighted by Gasteiger charge is -2.30. The molecule has 0 radical (unpaired) electrons. The SMILES string of the molecule is COC(=O)C1=NN[C@H](CCC/C(=N\S(=O)(=O)c2ccc(C)cc2)N2CCOCC2)[C@H]1C. The molecule has 31 heavy (non-hydrogen) atoms. The van der Waals surface area contributed by atoms with Crippen LogP contribution in [0.2, 0.25) is 0 Å². The Morgan fingerprint density at radius 3 is 2.61 bits per heavy atom. The van der Waals surface area contributed by atoms with E-state index in [9.17, 15) is 13.2 Å². The summed E-state index contributed by atoms with van der Waals surface area (Å²) < 4.78 is 40.2. The smallest absolute Gasteiger partial charge is 0.354 e. The monoisotopic (exact) mass is 450 g/mol. The molecule has 0 aromatic heterocycles. The fourth-order valence-electron chi connectivity index (χ4n) is 3.67. The Bertz CT molecular complexity index is 937. The van der Waals surface area contributed by atoms with E-state index in [0.717, 1.165) is 12.0 Å². The Morgan fingerprint density at radius 2 is 1.97 bits per heavy atom. The first-order valence-electron chi connectivity index (χ1n) is 10.5. The van der Waals surface area contributed by atoms with Crippen LogP contribution < -0.4 is 5.43 Å². The fraction of sp³-hybridized carbons (Fsp3) is 0.571. The van der Waals surface area contributed by atoms with Crippen molar-refractivity contribution in [1.29, 1.82) is 0 Å². The highest BCUT2D eigenvalue weighted by Gasteiger charge is 2.32. The van der Waals surface area contributed by atoms with Crippen molar-refractivity contribution in [2.75, 3.05) is 33.4 Å². The molecule has 1 N–H and O–H groups in total. The molecule has 0 unspecified atom stereocenters. The minimum absolute atomic E-state index is 0.00579. The van der Waals surface area contributed by atoms with Gasteiger partial charge in [-0.05, 0) is 31.9 Å². The van der Waals surface area contributed by atoms with Gasteiger partial charge < -0.3 is 19.8 Å². The number of nitrogens with one attached hydrogen (secondary N) is 1. The maximum atomic E-state index is 12.9. The van der Waals surface area contributed by atoms with Gasteiger partial charge in [-0.2, -0.15) is 13.5 Å². The van der Waals surface area contributed by atoms with Crippen molar-refractivity contribution < 1.29 is 22.7 Å². The van der Waals surface area contributed by atoms with Crippen molar-refractivity contribution in [3.8, 4) is 0 Å². The van der Waals surface area contributed by atoms with E-state index in [1.165, 1.54) is 7.11 Å². The lowest BCUT2D eigenvalue weighted by atomic mass is 9.94. The Labute approximate surface area is 183 Å². The number of hydrogen-bond donors (Lipinski definition) is 1. The van der Waals surface area contributed by atoms with Crippen molar-refractivity contribution in [1.82, 2.24) is 10.3 Å². The lowest BCUT2D eigenvalue weighted by Crippen LogP contribution is -2.41. The van der Waals surface area contributed by atoms with Crippen molar-refractivity contribution in [2.45, 2.75) is 44.0 Å². The Hall–Kier alpha value is -2.46. The van der Waals surface area contributed by atoms with Crippen LogP contribution in [0.15, 0.2) is 38.7 Å². The van der Waals surface area contributed by atoms with Crippen LogP contribution >= 0.6 is 0 Å². The number of rotatable bonds is 7. The molecule has 2 aliphatic heterocycles. The van der Waals surface area contributed by atoms with Gasteiger partial charge >= 0.3 is 5.97 Å². The zero-order valence-corrected chi connectivity index (χ0v) is 19.0. The number of amidine groups is 1. The molecular weight excluding hydrogens is 420 g/mol. The largest absolute Gasteiger partial charge is 0.464 e. The molecule has 0 amide bonds. The highest BCUT2D eigenvalue weighted by Crippen LogP contribution is 2.21. The summed E-state index contributed by atoms with van der Waals surface area (Å²) >= 11 is 0. The van der Waals surface area contributed by atoms with Crippen LogP contribution in [-0.4, -0.2) is 70.3 Å². The molecule has 2 aliphatic rings. The Balaban J connectivity index is 1.69. The lowest BCUT2D eigenvalue weighted by molar-refractivity contribution is -0.133. The van der Waals surface area contributed by atoms with E-state index < -0.39 is 16.0 Å². The molecule has 3 rings (SSSR count). The first kappa shape index (κ1) is 23.2. The van der Waals surface area contributed by atoms with E-state index in [2.05, 4.69) is 14.9 Å². The molecular formula is C21H30N4O5S. The van der Waals surface area contributed by atoms with Crippen LogP contribution in [0.25, 0.3) is 0 Å². The predicted octanol–water partition coefficient (Wildman–Crippen LogP) is 1.72. The molecule has 10 heteroatoms. The Kier molecular flexibility index (Phi) is 7.66. The van der Waals surface area contributed by atoms with Gasteiger partial charge in [0.15, 0.2) is 0 Å². The summed E-state index contributed by atoms with van der Waals surface area (Å²) in [5.41, 5.74) is 4.37. The Morgan fingerprint density at radius 1 is 1.29 bits per heavy atom. The number of hydrazone groups is 1. The molecule has 0 spiro atoms. The number of esters is 1.